The molecule has 0 spiro atoms. The SMILES string of the molecule is COC(=O)c1nc(-c2ccc(C)cc2)[nH]c1C. The Balaban J connectivity index is 2.41. The summed E-state index contributed by atoms with van der Waals surface area (Å²) in [5, 5.41) is 0. The third kappa shape index (κ3) is 2.20. The Morgan fingerprint density at radius 3 is 2.47 bits per heavy atom. The number of benzene rings is 1. The van der Waals surface area contributed by atoms with Gasteiger partial charge < -0.3 is 9.72 Å². The van der Waals surface area contributed by atoms with Crippen LogP contribution in [0.1, 0.15) is 21.7 Å². The minimum atomic E-state index is -0.419. The molecule has 2 rings (SSSR count). The van der Waals surface area contributed by atoms with Crippen LogP contribution in [0.5, 0.6) is 0 Å². The van der Waals surface area contributed by atoms with E-state index in [-0.39, 0.29) is 0 Å². The average molecular weight is 230 g/mol. The number of ether oxygens (including phenoxy) is 1. The quantitative estimate of drug-likeness (QED) is 0.806. The van der Waals surface area contributed by atoms with Gasteiger partial charge in [-0.05, 0) is 13.8 Å². The van der Waals surface area contributed by atoms with E-state index in [2.05, 4.69) is 14.7 Å². The highest BCUT2D eigenvalue weighted by Gasteiger charge is 2.15. The van der Waals surface area contributed by atoms with Gasteiger partial charge in [-0.2, -0.15) is 0 Å². The van der Waals surface area contributed by atoms with Crippen LogP contribution in [-0.4, -0.2) is 23.0 Å². The van der Waals surface area contributed by atoms with Crippen LogP contribution in [0.2, 0.25) is 0 Å². The molecule has 0 aliphatic rings. The van der Waals surface area contributed by atoms with Crippen molar-refractivity contribution in [1.82, 2.24) is 9.97 Å². The molecule has 0 amide bonds. The minimum absolute atomic E-state index is 0.336. The number of methoxy groups -OCH3 is 1. The standard InChI is InChI=1S/C13H14N2O2/c1-8-4-6-10(7-5-8)12-14-9(2)11(15-12)13(16)17-3/h4-7H,1-3H3,(H,14,15). The number of hydrogen-bond acceptors (Lipinski definition) is 3. The Bertz CT molecular complexity index is 541. The molecule has 0 saturated heterocycles. The molecule has 1 heterocycles. The number of carbonyl (C=O) groups is 1. The lowest BCUT2D eigenvalue weighted by atomic mass is 10.1. The van der Waals surface area contributed by atoms with Crippen LogP contribution in [0.4, 0.5) is 0 Å². The summed E-state index contributed by atoms with van der Waals surface area (Å²) in [6, 6.07) is 7.94. The van der Waals surface area contributed by atoms with E-state index in [0.29, 0.717) is 17.2 Å². The number of aromatic amines is 1. The second kappa shape index (κ2) is 4.41. The molecule has 1 N–H and O–H groups in total. The number of H-pyrrole nitrogens is 1. The van der Waals surface area contributed by atoms with Gasteiger partial charge in [-0.3, -0.25) is 0 Å². The molecule has 0 aliphatic heterocycles. The van der Waals surface area contributed by atoms with Crippen LogP contribution in [0.3, 0.4) is 0 Å². The number of imidazole rings is 1. The number of nitrogens with one attached hydrogen (secondary N) is 1. The lowest BCUT2D eigenvalue weighted by Gasteiger charge is -1.97. The Morgan fingerprint density at radius 1 is 1.24 bits per heavy atom. The third-order valence-corrected chi connectivity index (χ3v) is 2.59. The van der Waals surface area contributed by atoms with Crippen molar-refractivity contribution in [3.05, 3.63) is 41.2 Å². The van der Waals surface area contributed by atoms with Gasteiger partial charge >= 0.3 is 5.97 Å². The number of carbonyl (C=O) groups excluding carboxylic acids is 1. The largest absolute Gasteiger partial charge is 0.464 e. The number of aromatic nitrogens is 2. The van der Waals surface area contributed by atoms with Crippen molar-refractivity contribution in [2.45, 2.75) is 13.8 Å². The van der Waals surface area contributed by atoms with E-state index in [0.717, 1.165) is 5.56 Å². The summed E-state index contributed by atoms with van der Waals surface area (Å²) in [5.74, 6) is 0.264. The molecule has 17 heavy (non-hydrogen) atoms. The fraction of sp³-hybridized carbons (Fsp3) is 0.231. The molecule has 2 aromatic rings. The van der Waals surface area contributed by atoms with Crippen LogP contribution < -0.4 is 0 Å². The predicted molar refractivity (Wildman–Crippen MR) is 64.8 cm³/mol. The summed E-state index contributed by atoms with van der Waals surface area (Å²) < 4.78 is 4.66. The molecule has 0 unspecified atom stereocenters. The van der Waals surface area contributed by atoms with Gasteiger partial charge in [0.25, 0.3) is 0 Å². The first-order valence-electron chi connectivity index (χ1n) is 5.34. The van der Waals surface area contributed by atoms with Crippen LogP contribution in [0.15, 0.2) is 24.3 Å². The lowest BCUT2D eigenvalue weighted by molar-refractivity contribution is 0.0594. The van der Waals surface area contributed by atoms with Crippen LogP contribution in [0.25, 0.3) is 11.4 Å². The molecule has 4 heteroatoms. The van der Waals surface area contributed by atoms with E-state index in [4.69, 9.17) is 0 Å². The maximum absolute atomic E-state index is 11.4. The average Bonchev–Trinajstić information content (AvgIpc) is 2.71. The zero-order chi connectivity index (χ0) is 12.4. The van der Waals surface area contributed by atoms with E-state index in [1.54, 1.807) is 6.92 Å². The Hall–Kier alpha value is -2.10. The van der Waals surface area contributed by atoms with Gasteiger partial charge in [0.1, 0.15) is 5.82 Å². The topological polar surface area (TPSA) is 55.0 Å². The van der Waals surface area contributed by atoms with Gasteiger partial charge in [0, 0.05) is 11.3 Å². The molecular formula is C13H14N2O2. The van der Waals surface area contributed by atoms with Crippen molar-refractivity contribution in [1.29, 1.82) is 0 Å². The first kappa shape index (κ1) is 11.4. The van der Waals surface area contributed by atoms with Crippen molar-refractivity contribution in [3.63, 3.8) is 0 Å². The van der Waals surface area contributed by atoms with Crippen molar-refractivity contribution >= 4 is 5.97 Å². The Labute approximate surface area is 99.7 Å². The molecule has 0 atom stereocenters. The summed E-state index contributed by atoms with van der Waals surface area (Å²) in [5.41, 5.74) is 3.19. The van der Waals surface area contributed by atoms with Gasteiger partial charge in [-0.25, -0.2) is 9.78 Å². The molecule has 4 nitrogen and oxygen atoms in total. The summed E-state index contributed by atoms with van der Waals surface area (Å²) in [7, 11) is 1.35. The van der Waals surface area contributed by atoms with E-state index >= 15 is 0 Å². The van der Waals surface area contributed by atoms with E-state index in [1.807, 2.05) is 31.2 Å². The monoisotopic (exact) mass is 230 g/mol. The number of aryl methyl sites for hydroxylation is 2. The molecule has 0 aliphatic carbocycles. The Morgan fingerprint density at radius 2 is 1.88 bits per heavy atom. The molecule has 1 aromatic heterocycles. The molecule has 0 bridgehead atoms. The first-order valence-corrected chi connectivity index (χ1v) is 5.34. The van der Waals surface area contributed by atoms with Crippen molar-refractivity contribution in [2.24, 2.45) is 0 Å². The summed E-state index contributed by atoms with van der Waals surface area (Å²) in [4.78, 5) is 18.8. The molecule has 1 aromatic carbocycles. The van der Waals surface area contributed by atoms with Crippen LogP contribution in [-0.2, 0) is 4.74 Å². The van der Waals surface area contributed by atoms with Gasteiger partial charge in [-0.1, -0.05) is 29.8 Å². The molecule has 0 radical (unpaired) electrons. The molecule has 88 valence electrons. The van der Waals surface area contributed by atoms with Crippen molar-refractivity contribution in [3.8, 4) is 11.4 Å². The van der Waals surface area contributed by atoms with Gasteiger partial charge in [0.15, 0.2) is 5.69 Å². The van der Waals surface area contributed by atoms with E-state index in [9.17, 15) is 4.79 Å². The second-order valence-electron chi connectivity index (χ2n) is 3.92. The first-order chi connectivity index (χ1) is 8.11. The normalized spacial score (nSPS) is 10.3. The summed E-state index contributed by atoms with van der Waals surface area (Å²) in [6.45, 7) is 3.83. The number of nitrogens with zero attached hydrogens (tertiary/aromatic N) is 1. The number of rotatable bonds is 2. The van der Waals surface area contributed by atoms with Gasteiger partial charge in [0.2, 0.25) is 0 Å². The summed E-state index contributed by atoms with van der Waals surface area (Å²) >= 11 is 0. The maximum atomic E-state index is 11.4. The smallest absolute Gasteiger partial charge is 0.358 e. The minimum Gasteiger partial charge on any atom is -0.464 e. The van der Waals surface area contributed by atoms with Gasteiger partial charge in [0.05, 0.1) is 7.11 Å². The van der Waals surface area contributed by atoms with Crippen molar-refractivity contribution < 1.29 is 9.53 Å². The van der Waals surface area contributed by atoms with Crippen LogP contribution in [0, 0.1) is 13.8 Å². The van der Waals surface area contributed by atoms with E-state index in [1.165, 1.54) is 12.7 Å². The summed E-state index contributed by atoms with van der Waals surface area (Å²) in [6.07, 6.45) is 0. The van der Waals surface area contributed by atoms with Crippen molar-refractivity contribution in [2.75, 3.05) is 7.11 Å². The molecular weight excluding hydrogens is 216 g/mol. The highest BCUT2D eigenvalue weighted by molar-refractivity contribution is 5.89. The van der Waals surface area contributed by atoms with Crippen LogP contribution >= 0.6 is 0 Å². The predicted octanol–water partition coefficient (Wildman–Crippen LogP) is 2.48. The fourth-order valence-electron chi connectivity index (χ4n) is 1.60. The highest BCUT2D eigenvalue weighted by Crippen LogP contribution is 2.18. The molecule has 0 saturated carbocycles. The second-order valence-corrected chi connectivity index (χ2v) is 3.92. The zero-order valence-electron chi connectivity index (χ0n) is 10.1. The van der Waals surface area contributed by atoms with Gasteiger partial charge in [-0.15, -0.1) is 0 Å². The maximum Gasteiger partial charge on any atom is 0.358 e. The molecule has 0 fully saturated rings. The highest BCUT2D eigenvalue weighted by atomic mass is 16.5. The number of esters is 1. The zero-order valence-corrected chi connectivity index (χ0v) is 10.1. The Kier molecular flexibility index (Phi) is 2.95. The lowest BCUT2D eigenvalue weighted by Crippen LogP contribution is -2.03. The van der Waals surface area contributed by atoms with E-state index < -0.39 is 5.97 Å². The third-order valence-electron chi connectivity index (χ3n) is 2.59. The number of hydrogen-bond donors (Lipinski definition) is 1. The fourth-order valence-corrected chi connectivity index (χ4v) is 1.60.